The number of unbranched alkanes of at least 4 members (excludes halogenated alkanes) is 1. The Bertz CT molecular complexity index is 1980. The van der Waals surface area contributed by atoms with Gasteiger partial charge in [0.15, 0.2) is 0 Å². The summed E-state index contributed by atoms with van der Waals surface area (Å²) in [4.78, 5) is 42.0. The lowest BCUT2D eigenvalue weighted by Crippen LogP contribution is -2.48. The van der Waals surface area contributed by atoms with Crippen LogP contribution in [0.15, 0.2) is 84.9 Å². The number of carbonyl (C=O) groups excluding carboxylic acids is 3. The van der Waals surface area contributed by atoms with Crippen molar-refractivity contribution in [1.29, 1.82) is 0 Å². The Morgan fingerprint density at radius 3 is 2.56 bits per heavy atom. The highest BCUT2D eigenvalue weighted by molar-refractivity contribution is 7.14. The number of aliphatic hydroxyl groups is 1. The minimum atomic E-state index is -0.934. The van der Waals surface area contributed by atoms with Crippen molar-refractivity contribution in [3.63, 3.8) is 0 Å². The molecular weight excluding hydrogens is 739 g/mol. The molecule has 0 bridgehead atoms. The molecule has 1 unspecified atom stereocenters. The summed E-state index contributed by atoms with van der Waals surface area (Å²) < 4.78 is 6.13. The maximum atomic E-state index is 14.0. The number of aryl methyl sites for hydroxylation is 1. The van der Waals surface area contributed by atoms with Crippen LogP contribution in [0.3, 0.4) is 0 Å². The highest BCUT2D eigenvalue weighted by atomic mass is 32.1. The number of fused-ring (bicyclic) bond motifs is 1. The average molecular weight is 794 g/mol. The van der Waals surface area contributed by atoms with Gasteiger partial charge in [-0.25, -0.2) is 4.79 Å². The molecule has 302 valence electrons. The largest absolute Gasteiger partial charge is 0.506 e. The monoisotopic (exact) mass is 793 g/mol. The summed E-state index contributed by atoms with van der Waals surface area (Å²) in [6, 6.07) is 25.6. The highest BCUT2D eigenvalue weighted by Crippen LogP contribution is 2.39. The number of carbonyl (C=O) groups is 3. The smallest absolute Gasteiger partial charge is 0.331 e. The second-order valence-electron chi connectivity index (χ2n) is 14.9. The molecule has 2 heterocycles. The van der Waals surface area contributed by atoms with Gasteiger partial charge in [-0.05, 0) is 117 Å². The average Bonchev–Trinajstić information content (AvgIpc) is 3.87. The van der Waals surface area contributed by atoms with E-state index in [-0.39, 0.29) is 24.2 Å². The van der Waals surface area contributed by atoms with Gasteiger partial charge in [0.25, 0.3) is 5.91 Å². The number of amides is 1. The van der Waals surface area contributed by atoms with Crippen LogP contribution in [0.1, 0.15) is 80.6 Å². The Morgan fingerprint density at radius 2 is 1.77 bits per heavy atom. The molecule has 3 aromatic carbocycles. The number of anilines is 1. The van der Waals surface area contributed by atoms with Crippen LogP contribution in [0.4, 0.5) is 5.69 Å². The summed E-state index contributed by atoms with van der Waals surface area (Å²) in [6.45, 7) is 5.22. The molecule has 0 radical (unpaired) electrons. The quantitative estimate of drug-likeness (QED) is 0.0209. The van der Waals surface area contributed by atoms with E-state index in [1.165, 1.54) is 29.0 Å². The van der Waals surface area contributed by atoms with Crippen molar-refractivity contribution >= 4 is 41.3 Å². The number of nitrogens with one attached hydrogen (secondary N) is 4. The predicted molar refractivity (Wildman–Crippen MR) is 225 cm³/mol. The normalized spacial score (nSPS) is 17.6. The SMILES string of the molecule is CNc1c(O)ccc([C@@H](O)CNCCCCNC(=O)c2ccc(CNC3(C(=O)OCC4CCN(Cc5ccccc5)CC4)CCc4ccccc43)s2)c1/C=C\C=O. The zero-order chi connectivity index (χ0) is 40.0. The van der Waals surface area contributed by atoms with Crippen LogP contribution in [0.2, 0.25) is 0 Å². The van der Waals surface area contributed by atoms with Gasteiger partial charge in [-0.15, -0.1) is 11.3 Å². The molecular formula is C45H55N5O6S. The van der Waals surface area contributed by atoms with E-state index in [9.17, 15) is 24.6 Å². The third-order valence-corrected chi connectivity index (χ3v) is 12.1. The number of benzene rings is 3. The summed E-state index contributed by atoms with van der Waals surface area (Å²) in [5.41, 5.74) is 4.10. The molecule has 2 aliphatic rings. The number of likely N-dealkylation sites (tertiary alicyclic amines) is 1. The minimum absolute atomic E-state index is 0.0299. The van der Waals surface area contributed by atoms with Gasteiger partial charge >= 0.3 is 5.97 Å². The van der Waals surface area contributed by atoms with E-state index in [1.54, 1.807) is 19.2 Å². The molecule has 0 spiro atoms. The number of phenols is 1. The van der Waals surface area contributed by atoms with Gasteiger partial charge in [-0.1, -0.05) is 60.7 Å². The molecule has 1 amide bonds. The number of phenolic OH excluding ortho intramolecular Hbond substituents is 1. The van der Waals surface area contributed by atoms with Crippen molar-refractivity contribution in [3.05, 3.63) is 123 Å². The van der Waals surface area contributed by atoms with Gasteiger partial charge in [-0.2, -0.15) is 0 Å². The second-order valence-corrected chi connectivity index (χ2v) is 16.0. The summed E-state index contributed by atoms with van der Waals surface area (Å²) in [6.07, 6.45) is 7.64. The second kappa shape index (κ2) is 20.5. The zero-order valence-electron chi connectivity index (χ0n) is 32.7. The lowest BCUT2D eigenvalue weighted by molar-refractivity contribution is -0.154. The number of rotatable bonds is 20. The molecule has 1 fully saturated rings. The predicted octanol–water partition coefficient (Wildman–Crippen LogP) is 5.93. The molecule has 2 atom stereocenters. The number of ether oxygens (including phenoxy) is 1. The van der Waals surface area contributed by atoms with E-state index in [4.69, 9.17) is 4.74 Å². The Morgan fingerprint density at radius 1 is 1.00 bits per heavy atom. The molecule has 1 aliphatic carbocycles. The number of piperidine rings is 1. The molecule has 1 aromatic heterocycles. The topological polar surface area (TPSA) is 152 Å². The lowest BCUT2D eigenvalue weighted by Gasteiger charge is -2.33. The number of thiophene rings is 1. The van der Waals surface area contributed by atoms with Crippen molar-refractivity contribution in [2.75, 3.05) is 51.7 Å². The summed E-state index contributed by atoms with van der Waals surface area (Å²) in [5.74, 6) is 0.0148. The molecule has 57 heavy (non-hydrogen) atoms. The van der Waals surface area contributed by atoms with Crippen LogP contribution in [0.5, 0.6) is 5.75 Å². The fraction of sp³-hybridized carbons (Fsp3) is 0.400. The summed E-state index contributed by atoms with van der Waals surface area (Å²) in [7, 11) is 1.67. The van der Waals surface area contributed by atoms with Crippen LogP contribution in [0.25, 0.3) is 6.08 Å². The highest BCUT2D eigenvalue weighted by Gasteiger charge is 2.46. The van der Waals surface area contributed by atoms with Crippen LogP contribution in [-0.2, 0) is 39.4 Å². The fourth-order valence-corrected chi connectivity index (χ4v) is 8.75. The van der Waals surface area contributed by atoms with Gasteiger partial charge < -0.3 is 30.9 Å². The maximum Gasteiger partial charge on any atom is 0.331 e. The number of allylic oxidation sites excluding steroid dienone is 1. The van der Waals surface area contributed by atoms with E-state index in [2.05, 4.69) is 56.5 Å². The summed E-state index contributed by atoms with van der Waals surface area (Å²) >= 11 is 1.42. The minimum Gasteiger partial charge on any atom is -0.506 e. The van der Waals surface area contributed by atoms with Crippen molar-refractivity contribution in [1.82, 2.24) is 20.9 Å². The van der Waals surface area contributed by atoms with Crippen molar-refractivity contribution in [3.8, 4) is 5.75 Å². The fourth-order valence-electron chi connectivity index (χ4n) is 7.89. The Kier molecular flexibility index (Phi) is 15.0. The number of nitrogens with zero attached hydrogens (tertiary/aromatic N) is 1. The first-order valence-electron chi connectivity index (χ1n) is 20.0. The van der Waals surface area contributed by atoms with Gasteiger partial charge in [0.1, 0.15) is 17.6 Å². The van der Waals surface area contributed by atoms with Gasteiger partial charge in [0, 0.05) is 43.7 Å². The van der Waals surface area contributed by atoms with Crippen molar-refractivity contribution < 1.29 is 29.3 Å². The standard InChI is InChI=1S/C45H55N5O6S/c1-46-42-37(13-9-27-51)36(16-17-39(42)52)40(53)29-47-23-7-8-24-48-43(54)41-18-15-35(57-41)28-49-45(22-19-34-12-5-6-14-38(34)45)44(55)56-31-33-20-25-50(26-21-33)30-32-10-3-2-4-11-32/h2-6,9-18,27,33,40,46-47,49,52-53H,7-8,19-26,28-31H2,1H3,(H,48,54)/b13-9-/t40-,45?/m0/s1. The number of aldehydes is 1. The Balaban J connectivity index is 0.936. The molecule has 4 aromatic rings. The molecule has 6 rings (SSSR count). The van der Waals surface area contributed by atoms with E-state index in [0.29, 0.717) is 66.6 Å². The molecule has 1 saturated heterocycles. The number of aromatic hydroxyl groups is 1. The van der Waals surface area contributed by atoms with Gasteiger partial charge in [0.2, 0.25) is 0 Å². The van der Waals surface area contributed by atoms with Crippen LogP contribution in [-0.4, -0.2) is 79.7 Å². The molecule has 1 aliphatic heterocycles. The van der Waals surface area contributed by atoms with Crippen LogP contribution >= 0.6 is 11.3 Å². The first-order valence-corrected chi connectivity index (χ1v) is 20.8. The molecule has 6 N–H and O–H groups in total. The first-order chi connectivity index (χ1) is 27.8. The van der Waals surface area contributed by atoms with Crippen LogP contribution in [0, 0.1) is 5.92 Å². The maximum absolute atomic E-state index is 14.0. The number of hydrogen-bond donors (Lipinski definition) is 6. The molecule has 0 saturated carbocycles. The van der Waals surface area contributed by atoms with Crippen LogP contribution < -0.4 is 21.3 Å². The van der Waals surface area contributed by atoms with E-state index >= 15 is 0 Å². The molecule has 11 nitrogen and oxygen atoms in total. The van der Waals surface area contributed by atoms with E-state index in [0.717, 1.165) is 67.7 Å². The summed E-state index contributed by atoms with van der Waals surface area (Å²) in [5, 5.41) is 33.8. The van der Waals surface area contributed by atoms with Gasteiger partial charge in [-0.3, -0.25) is 19.8 Å². The van der Waals surface area contributed by atoms with E-state index < -0.39 is 11.6 Å². The third kappa shape index (κ3) is 10.8. The zero-order valence-corrected chi connectivity index (χ0v) is 33.5. The number of esters is 1. The Labute approximate surface area is 339 Å². The third-order valence-electron chi connectivity index (χ3n) is 11.1. The lowest BCUT2D eigenvalue weighted by atomic mass is 9.91. The van der Waals surface area contributed by atoms with Crippen molar-refractivity contribution in [2.24, 2.45) is 5.92 Å². The van der Waals surface area contributed by atoms with E-state index in [1.807, 2.05) is 36.4 Å². The molecule has 12 heteroatoms. The van der Waals surface area contributed by atoms with Gasteiger partial charge in [0.05, 0.1) is 23.3 Å². The number of hydrogen-bond acceptors (Lipinski definition) is 11. The number of aliphatic hydroxyl groups excluding tert-OH is 1. The Hall–Kier alpha value is -4.85. The first kappa shape index (κ1) is 41.8. The van der Waals surface area contributed by atoms with Crippen molar-refractivity contribution in [2.45, 2.75) is 63.3 Å².